The highest BCUT2D eigenvalue weighted by Gasteiger charge is 2.09. The Morgan fingerprint density at radius 3 is 2.50 bits per heavy atom. The molecule has 0 saturated heterocycles. The summed E-state index contributed by atoms with van der Waals surface area (Å²) in [6, 6.07) is 3.51. The van der Waals surface area contributed by atoms with Crippen LogP contribution >= 0.6 is 0 Å². The first-order valence-electron chi connectivity index (χ1n) is 6.01. The highest BCUT2D eigenvalue weighted by atomic mass is 19.3. The molecule has 0 aliphatic rings. The molecule has 0 radical (unpaired) electrons. The zero-order valence-electron chi connectivity index (χ0n) is 11.0. The van der Waals surface area contributed by atoms with Crippen LogP contribution in [0.25, 0.3) is 0 Å². The number of nitrogens with one attached hydrogen (secondary N) is 1. The second kappa shape index (κ2) is 7.20. The van der Waals surface area contributed by atoms with Gasteiger partial charge in [0.05, 0.1) is 12.2 Å². The quantitative estimate of drug-likeness (QED) is 0.811. The van der Waals surface area contributed by atoms with Gasteiger partial charge in [0.25, 0.3) is 6.43 Å². The largest absolute Gasteiger partial charge is 0.352 e. The molecule has 102 valence electrons. The Morgan fingerprint density at radius 1 is 1.28 bits per heavy atom. The predicted octanol–water partition coefficient (Wildman–Crippen LogP) is 1.92. The maximum absolute atomic E-state index is 12.2. The molecule has 6 heteroatoms. The Morgan fingerprint density at radius 2 is 2.00 bits per heavy atom. The van der Waals surface area contributed by atoms with Crippen LogP contribution < -0.4 is 10.2 Å². The highest BCUT2D eigenvalue weighted by Crippen LogP contribution is 2.09. The third-order valence-corrected chi connectivity index (χ3v) is 2.37. The van der Waals surface area contributed by atoms with Crippen molar-refractivity contribution in [1.29, 1.82) is 0 Å². The van der Waals surface area contributed by atoms with Crippen LogP contribution in [0.4, 0.5) is 14.6 Å². The molecule has 0 fully saturated rings. The molecule has 1 aromatic heterocycles. The average molecular weight is 258 g/mol. The number of halogens is 2. The van der Waals surface area contributed by atoms with Gasteiger partial charge in [0.15, 0.2) is 5.82 Å². The van der Waals surface area contributed by atoms with Crippen molar-refractivity contribution >= 4 is 5.82 Å². The lowest BCUT2D eigenvalue weighted by molar-refractivity contribution is 0.156. The van der Waals surface area contributed by atoms with Gasteiger partial charge in [-0.15, -0.1) is 5.10 Å². The van der Waals surface area contributed by atoms with E-state index >= 15 is 0 Å². The molecule has 1 heterocycles. The molecule has 0 atom stereocenters. The van der Waals surface area contributed by atoms with Gasteiger partial charge in [-0.25, -0.2) is 8.78 Å². The van der Waals surface area contributed by atoms with Gasteiger partial charge in [-0.2, -0.15) is 5.10 Å². The summed E-state index contributed by atoms with van der Waals surface area (Å²) in [6.07, 6.45) is -2.37. The van der Waals surface area contributed by atoms with E-state index in [1.165, 1.54) is 4.90 Å². The lowest BCUT2D eigenvalue weighted by Gasteiger charge is -2.16. The van der Waals surface area contributed by atoms with Crippen LogP contribution in [0.5, 0.6) is 0 Å². The fourth-order valence-electron chi connectivity index (χ4n) is 1.44. The summed E-state index contributed by atoms with van der Waals surface area (Å²) in [5.41, 5.74) is 0.810. The fraction of sp³-hybridized carbons (Fsp3) is 0.667. The van der Waals surface area contributed by atoms with E-state index in [0.717, 1.165) is 12.2 Å². The van der Waals surface area contributed by atoms with Crippen LogP contribution in [0.1, 0.15) is 19.5 Å². The Kier molecular flexibility index (Phi) is 5.91. The molecule has 0 aromatic carbocycles. The zero-order chi connectivity index (χ0) is 13.5. The van der Waals surface area contributed by atoms with Crippen LogP contribution in [0.3, 0.4) is 0 Å². The lowest BCUT2D eigenvalue weighted by atomic mass is 10.2. The molecular weight excluding hydrogens is 238 g/mol. The minimum Gasteiger partial charge on any atom is -0.352 e. The summed E-state index contributed by atoms with van der Waals surface area (Å²) in [5, 5.41) is 11.2. The van der Waals surface area contributed by atoms with Gasteiger partial charge in [0.1, 0.15) is 0 Å². The highest BCUT2D eigenvalue weighted by molar-refractivity contribution is 5.36. The number of nitrogens with zero attached hydrogens (tertiary/aromatic N) is 3. The summed E-state index contributed by atoms with van der Waals surface area (Å²) in [4.78, 5) is 1.39. The normalized spacial score (nSPS) is 11.3. The molecule has 0 aliphatic heterocycles. The molecule has 0 aliphatic carbocycles. The maximum atomic E-state index is 12.2. The number of hydrogen-bond acceptors (Lipinski definition) is 4. The SMILES string of the molecule is CC(C)CNCc1ccc(N(C)CC(F)F)nn1. The molecule has 0 spiro atoms. The van der Waals surface area contributed by atoms with Gasteiger partial charge in [-0.05, 0) is 24.6 Å². The van der Waals surface area contributed by atoms with Crippen LogP contribution in [-0.2, 0) is 6.54 Å². The fourth-order valence-corrected chi connectivity index (χ4v) is 1.44. The van der Waals surface area contributed by atoms with Crippen molar-refractivity contribution in [2.45, 2.75) is 26.8 Å². The Labute approximate surface area is 106 Å². The summed E-state index contributed by atoms with van der Waals surface area (Å²) < 4.78 is 24.4. The predicted molar refractivity (Wildman–Crippen MR) is 67.9 cm³/mol. The number of hydrogen-bond donors (Lipinski definition) is 1. The molecule has 4 nitrogen and oxygen atoms in total. The molecule has 0 saturated carbocycles. The first-order chi connectivity index (χ1) is 8.49. The third kappa shape index (κ3) is 5.35. The Bertz CT molecular complexity index is 340. The number of anilines is 1. The van der Waals surface area contributed by atoms with Crippen molar-refractivity contribution in [3.8, 4) is 0 Å². The average Bonchev–Trinajstić information content (AvgIpc) is 2.28. The van der Waals surface area contributed by atoms with Crippen LogP contribution in [-0.4, -0.2) is 36.8 Å². The summed E-state index contributed by atoms with van der Waals surface area (Å²) in [6.45, 7) is 5.47. The van der Waals surface area contributed by atoms with E-state index in [2.05, 4.69) is 29.4 Å². The maximum Gasteiger partial charge on any atom is 0.255 e. The lowest BCUT2D eigenvalue weighted by Crippen LogP contribution is -2.25. The van der Waals surface area contributed by atoms with Crippen molar-refractivity contribution in [3.63, 3.8) is 0 Å². The molecule has 1 aromatic rings. The number of aromatic nitrogens is 2. The molecule has 0 bridgehead atoms. The van der Waals surface area contributed by atoms with Gasteiger partial charge in [0, 0.05) is 13.6 Å². The molecule has 18 heavy (non-hydrogen) atoms. The van der Waals surface area contributed by atoms with Gasteiger partial charge < -0.3 is 10.2 Å². The van der Waals surface area contributed by atoms with E-state index in [1.807, 2.05) is 0 Å². The smallest absolute Gasteiger partial charge is 0.255 e. The van der Waals surface area contributed by atoms with Crippen LogP contribution in [0, 0.1) is 5.92 Å². The summed E-state index contributed by atoms with van der Waals surface area (Å²) >= 11 is 0. The zero-order valence-corrected chi connectivity index (χ0v) is 11.0. The first-order valence-corrected chi connectivity index (χ1v) is 6.01. The van der Waals surface area contributed by atoms with E-state index in [0.29, 0.717) is 18.3 Å². The Balaban J connectivity index is 2.46. The van der Waals surface area contributed by atoms with Crippen LogP contribution in [0.15, 0.2) is 12.1 Å². The van der Waals surface area contributed by atoms with Crippen molar-refractivity contribution < 1.29 is 8.78 Å². The Hall–Kier alpha value is -1.30. The van der Waals surface area contributed by atoms with E-state index in [9.17, 15) is 8.78 Å². The van der Waals surface area contributed by atoms with Crippen molar-refractivity contribution in [3.05, 3.63) is 17.8 Å². The van der Waals surface area contributed by atoms with Gasteiger partial charge in [-0.1, -0.05) is 13.8 Å². The first kappa shape index (κ1) is 14.8. The monoisotopic (exact) mass is 258 g/mol. The standard InChI is InChI=1S/C12H20F2N4/c1-9(2)6-15-7-10-4-5-12(17-16-10)18(3)8-11(13)14/h4-5,9,11,15H,6-8H2,1-3H3. The third-order valence-electron chi connectivity index (χ3n) is 2.37. The minimum absolute atomic E-state index is 0.334. The minimum atomic E-state index is -2.37. The topological polar surface area (TPSA) is 41.0 Å². The van der Waals surface area contributed by atoms with E-state index < -0.39 is 6.43 Å². The van der Waals surface area contributed by atoms with Gasteiger partial charge in [-0.3, -0.25) is 0 Å². The second-order valence-corrected chi connectivity index (χ2v) is 4.68. The van der Waals surface area contributed by atoms with Crippen molar-refractivity contribution in [2.24, 2.45) is 5.92 Å². The van der Waals surface area contributed by atoms with E-state index in [4.69, 9.17) is 0 Å². The number of rotatable bonds is 7. The van der Waals surface area contributed by atoms with Crippen molar-refractivity contribution in [2.75, 3.05) is 25.0 Å². The molecular formula is C12H20F2N4. The molecule has 0 unspecified atom stereocenters. The van der Waals surface area contributed by atoms with Gasteiger partial charge >= 0.3 is 0 Å². The molecule has 1 N–H and O–H groups in total. The van der Waals surface area contributed by atoms with Crippen molar-refractivity contribution in [1.82, 2.24) is 15.5 Å². The summed E-state index contributed by atoms with van der Waals surface area (Å²) in [5.74, 6) is 1.04. The molecule has 0 amide bonds. The van der Waals surface area contributed by atoms with Crippen LogP contribution in [0.2, 0.25) is 0 Å². The van der Waals surface area contributed by atoms with E-state index in [1.54, 1.807) is 19.2 Å². The molecule has 1 rings (SSSR count). The van der Waals surface area contributed by atoms with E-state index in [-0.39, 0.29) is 6.54 Å². The summed E-state index contributed by atoms with van der Waals surface area (Å²) in [7, 11) is 1.58. The number of alkyl halides is 2. The second-order valence-electron chi connectivity index (χ2n) is 4.68. The van der Waals surface area contributed by atoms with Gasteiger partial charge in [0.2, 0.25) is 0 Å².